The Morgan fingerprint density at radius 1 is 1.41 bits per heavy atom. The zero-order valence-electron chi connectivity index (χ0n) is 12.4. The Labute approximate surface area is 134 Å². The molecule has 0 spiro atoms. The smallest absolute Gasteiger partial charge is 0.227 e. The van der Waals surface area contributed by atoms with E-state index in [2.05, 4.69) is 39.5 Å². The van der Waals surface area contributed by atoms with E-state index in [-0.39, 0.29) is 5.91 Å². The second-order valence-electron chi connectivity index (χ2n) is 5.35. The van der Waals surface area contributed by atoms with Gasteiger partial charge in [-0.3, -0.25) is 4.79 Å². The molecule has 1 amide bonds. The third-order valence-electron chi connectivity index (χ3n) is 3.82. The first-order valence-corrected chi connectivity index (χ1v) is 8.43. The van der Waals surface area contributed by atoms with Gasteiger partial charge in [0, 0.05) is 30.6 Å². The highest BCUT2D eigenvalue weighted by atomic mass is 32.1. The monoisotopic (exact) mass is 316 g/mol. The maximum Gasteiger partial charge on any atom is 0.227 e. The van der Waals surface area contributed by atoms with Crippen molar-refractivity contribution in [1.82, 2.24) is 4.98 Å². The van der Waals surface area contributed by atoms with Crippen molar-refractivity contribution < 1.29 is 4.79 Å². The number of benzene rings is 1. The van der Waals surface area contributed by atoms with Crippen LogP contribution in [0.5, 0.6) is 0 Å². The van der Waals surface area contributed by atoms with Gasteiger partial charge in [-0.15, -0.1) is 11.3 Å². The van der Waals surface area contributed by atoms with E-state index in [1.165, 1.54) is 17.0 Å². The molecule has 1 aromatic carbocycles. The van der Waals surface area contributed by atoms with Crippen LogP contribution in [-0.4, -0.2) is 24.0 Å². The van der Waals surface area contributed by atoms with Crippen molar-refractivity contribution in [3.05, 3.63) is 41.4 Å². The number of nitrogens with two attached hydrogens (primary N) is 1. The van der Waals surface area contributed by atoms with Crippen LogP contribution in [0.1, 0.15) is 31.0 Å². The molecule has 1 atom stereocenters. The molecule has 3 rings (SSSR count). The highest BCUT2D eigenvalue weighted by Gasteiger charge is 2.28. The molecule has 2 aromatic rings. The second kappa shape index (κ2) is 6.89. The minimum atomic E-state index is -0.0743. The molecule has 5 nitrogen and oxygen atoms in total. The number of nitrogens with one attached hydrogen (secondary N) is 1. The van der Waals surface area contributed by atoms with Gasteiger partial charge in [-0.2, -0.15) is 0 Å². The molecule has 0 unspecified atom stereocenters. The largest absolute Gasteiger partial charge is 0.363 e. The number of carbonyl (C=O) groups excluding carboxylic acids is 1. The summed E-state index contributed by atoms with van der Waals surface area (Å²) in [5.74, 6) is -0.0743. The predicted molar refractivity (Wildman–Crippen MR) is 90.2 cm³/mol. The summed E-state index contributed by atoms with van der Waals surface area (Å²) >= 11 is 1.48. The molecule has 2 heterocycles. The quantitative estimate of drug-likeness (QED) is 0.890. The van der Waals surface area contributed by atoms with Gasteiger partial charge in [0.25, 0.3) is 0 Å². The van der Waals surface area contributed by atoms with Crippen molar-refractivity contribution in [2.24, 2.45) is 5.73 Å². The fourth-order valence-corrected chi connectivity index (χ4v) is 3.59. The Hall–Kier alpha value is -1.92. The van der Waals surface area contributed by atoms with Crippen molar-refractivity contribution in [3.63, 3.8) is 0 Å². The molecule has 3 N–H and O–H groups in total. The maximum absolute atomic E-state index is 11.6. The number of nitrogens with zero attached hydrogens (tertiary/aromatic N) is 2. The lowest BCUT2D eigenvalue weighted by molar-refractivity contribution is -0.116. The second-order valence-corrected chi connectivity index (χ2v) is 6.21. The number of carbonyl (C=O) groups is 1. The van der Waals surface area contributed by atoms with E-state index in [9.17, 15) is 4.79 Å². The molecular weight excluding hydrogens is 296 g/mol. The summed E-state index contributed by atoms with van der Waals surface area (Å²) < 4.78 is 0. The number of amides is 1. The van der Waals surface area contributed by atoms with Crippen molar-refractivity contribution in [2.45, 2.75) is 25.3 Å². The Kier molecular flexibility index (Phi) is 4.70. The average Bonchev–Trinajstić information content (AvgIpc) is 3.17. The summed E-state index contributed by atoms with van der Waals surface area (Å²) in [5.41, 5.74) is 7.65. The van der Waals surface area contributed by atoms with Crippen LogP contribution in [0.2, 0.25) is 0 Å². The molecule has 0 radical (unpaired) electrons. The van der Waals surface area contributed by atoms with Crippen LogP contribution in [0, 0.1) is 0 Å². The van der Waals surface area contributed by atoms with E-state index in [1.54, 1.807) is 0 Å². The first kappa shape index (κ1) is 15.0. The topological polar surface area (TPSA) is 71.2 Å². The first-order valence-electron chi connectivity index (χ1n) is 7.55. The molecule has 1 saturated heterocycles. The van der Waals surface area contributed by atoms with Gasteiger partial charge in [-0.05, 0) is 25.0 Å². The molecule has 0 bridgehead atoms. The van der Waals surface area contributed by atoms with Gasteiger partial charge < -0.3 is 16.0 Å². The fourth-order valence-electron chi connectivity index (χ4n) is 2.81. The third kappa shape index (κ3) is 3.28. The molecule has 1 aromatic heterocycles. The number of hydrogen-bond acceptors (Lipinski definition) is 5. The van der Waals surface area contributed by atoms with Gasteiger partial charge >= 0.3 is 0 Å². The lowest BCUT2D eigenvalue weighted by Gasteiger charge is -2.25. The highest BCUT2D eigenvalue weighted by molar-refractivity contribution is 7.13. The van der Waals surface area contributed by atoms with Crippen LogP contribution in [0.25, 0.3) is 0 Å². The van der Waals surface area contributed by atoms with Crippen LogP contribution >= 0.6 is 11.3 Å². The van der Waals surface area contributed by atoms with Crippen LogP contribution in [0.15, 0.2) is 35.7 Å². The van der Waals surface area contributed by atoms with Gasteiger partial charge in [0.05, 0.1) is 11.7 Å². The molecule has 1 aliphatic heterocycles. The Morgan fingerprint density at radius 3 is 3.00 bits per heavy atom. The molecule has 0 saturated carbocycles. The van der Waals surface area contributed by atoms with Crippen LogP contribution in [0.3, 0.4) is 0 Å². The standard InChI is InChI=1S/C16H20N4OS/c17-9-8-15(21)19-16-18-13(11-22-16)14-7-4-10-20(14)12-5-2-1-3-6-12/h1-3,5-6,11,14H,4,7-10,17H2,(H,18,19,21)/t14-/m1/s1. The van der Waals surface area contributed by atoms with Crippen LogP contribution in [-0.2, 0) is 4.79 Å². The van der Waals surface area contributed by atoms with Gasteiger partial charge in [0.15, 0.2) is 5.13 Å². The average molecular weight is 316 g/mol. The number of para-hydroxylation sites is 1. The molecule has 0 aliphatic carbocycles. The molecule has 1 fully saturated rings. The van der Waals surface area contributed by atoms with Crippen molar-refractivity contribution >= 4 is 28.1 Å². The summed E-state index contributed by atoms with van der Waals surface area (Å²) in [6.45, 7) is 1.40. The molecule has 116 valence electrons. The van der Waals surface area contributed by atoms with E-state index >= 15 is 0 Å². The number of hydrogen-bond donors (Lipinski definition) is 2. The van der Waals surface area contributed by atoms with Crippen molar-refractivity contribution in [2.75, 3.05) is 23.3 Å². The Bertz CT molecular complexity index is 628. The lowest BCUT2D eigenvalue weighted by Crippen LogP contribution is -2.22. The van der Waals surface area contributed by atoms with E-state index < -0.39 is 0 Å². The number of aromatic nitrogens is 1. The van der Waals surface area contributed by atoms with E-state index in [1.807, 2.05) is 11.4 Å². The Morgan fingerprint density at radius 2 is 2.23 bits per heavy atom. The predicted octanol–water partition coefficient (Wildman–Crippen LogP) is 2.77. The first-order chi connectivity index (χ1) is 10.8. The summed E-state index contributed by atoms with van der Waals surface area (Å²) in [4.78, 5) is 18.6. The summed E-state index contributed by atoms with van der Waals surface area (Å²) in [7, 11) is 0. The summed E-state index contributed by atoms with van der Waals surface area (Å²) in [6, 6.07) is 10.7. The van der Waals surface area contributed by atoms with Gasteiger partial charge in [0.2, 0.25) is 5.91 Å². The molecular formula is C16H20N4OS. The fraction of sp³-hybridized carbons (Fsp3) is 0.375. The lowest BCUT2D eigenvalue weighted by atomic mass is 10.1. The van der Waals surface area contributed by atoms with Gasteiger partial charge in [-0.1, -0.05) is 18.2 Å². The maximum atomic E-state index is 11.6. The molecule has 22 heavy (non-hydrogen) atoms. The van der Waals surface area contributed by atoms with Crippen LogP contribution < -0.4 is 16.0 Å². The normalized spacial score (nSPS) is 17.7. The SMILES string of the molecule is NCCC(=O)Nc1nc([C@H]2CCCN2c2ccccc2)cs1. The zero-order chi connectivity index (χ0) is 15.4. The summed E-state index contributed by atoms with van der Waals surface area (Å²) in [5, 5.41) is 5.52. The van der Waals surface area contributed by atoms with Crippen molar-refractivity contribution in [3.8, 4) is 0 Å². The number of anilines is 2. The number of thiazole rings is 1. The van der Waals surface area contributed by atoms with Crippen molar-refractivity contribution in [1.29, 1.82) is 0 Å². The van der Waals surface area contributed by atoms with E-state index in [4.69, 9.17) is 5.73 Å². The van der Waals surface area contributed by atoms with Gasteiger partial charge in [0.1, 0.15) is 0 Å². The van der Waals surface area contributed by atoms with E-state index in [0.717, 1.165) is 25.1 Å². The van der Waals surface area contributed by atoms with Gasteiger partial charge in [-0.25, -0.2) is 4.98 Å². The third-order valence-corrected chi connectivity index (χ3v) is 4.60. The zero-order valence-corrected chi connectivity index (χ0v) is 13.2. The molecule has 6 heteroatoms. The Balaban J connectivity index is 1.73. The highest BCUT2D eigenvalue weighted by Crippen LogP contribution is 2.36. The molecule has 1 aliphatic rings. The minimum absolute atomic E-state index is 0.0743. The number of rotatable bonds is 5. The minimum Gasteiger partial charge on any atom is -0.363 e. The summed E-state index contributed by atoms with van der Waals surface area (Å²) in [6.07, 6.45) is 2.58. The van der Waals surface area contributed by atoms with Crippen LogP contribution in [0.4, 0.5) is 10.8 Å². The van der Waals surface area contributed by atoms with E-state index in [0.29, 0.717) is 24.1 Å².